The summed E-state index contributed by atoms with van der Waals surface area (Å²) in [6, 6.07) is 1.42. The van der Waals surface area contributed by atoms with Crippen LogP contribution >= 0.6 is 11.3 Å². The second-order valence-corrected chi connectivity index (χ2v) is 5.64. The Morgan fingerprint density at radius 2 is 2.05 bits per heavy atom. The maximum Gasteiger partial charge on any atom is 0.340 e. The number of nitrogens with one attached hydrogen (secondary N) is 1. The van der Waals surface area contributed by atoms with Gasteiger partial charge < -0.3 is 14.4 Å². The minimum atomic E-state index is -0.454. The third-order valence-corrected chi connectivity index (χ3v) is 4.02. The van der Waals surface area contributed by atoms with Crippen LogP contribution in [0, 0.1) is 0 Å². The van der Waals surface area contributed by atoms with Gasteiger partial charge in [0.05, 0.1) is 38.0 Å². The molecule has 0 bridgehead atoms. The molecule has 6 nitrogen and oxygen atoms in total. The van der Waals surface area contributed by atoms with E-state index in [0.29, 0.717) is 23.8 Å². The Morgan fingerprint density at radius 1 is 1.40 bits per heavy atom. The molecule has 2 atom stereocenters. The predicted octanol–water partition coefficient (Wildman–Crippen LogP) is 2.18. The van der Waals surface area contributed by atoms with Crippen LogP contribution in [0.3, 0.4) is 0 Å². The molecule has 0 radical (unpaired) electrons. The number of carbonyl (C=O) groups is 2. The van der Waals surface area contributed by atoms with E-state index in [0.717, 1.165) is 0 Å². The van der Waals surface area contributed by atoms with Crippen LogP contribution in [0.2, 0.25) is 0 Å². The number of amides is 2. The van der Waals surface area contributed by atoms with Gasteiger partial charge in [-0.1, -0.05) is 0 Å². The highest BCUT2D eigenvalue weighted by atomic mass is 32.1. The van der Waals surface area contributed by atoms with Crippen molar-refractivity contribution in [3.05, 3.63) is 17.0 Å². The maximum absolute atomic E-state index is 12.4. The van der Waals surface area contributed by atoms with Crippen molar-refractivity contribution in [1.82, 2.24) is 4.90 Å². The number of methoxy groups -OCH3 is 1. The van der Waals surface area contributed by atoms with Crippen LogP contribution in [0.4, 0.5) is 9.80 Å². The first-order chi connectivity index (χ1) is 9.54. The molecule has 1 N–H and O–H groups in total. The fraction of sp³-hybridized carbons (Fsp3) is 0.538. The van der Waals surface area contributed by atoms with Crippen molar-refractivity contribution in [2.24, 2.45) is 0 Å². The second-order valence-electron chi connectivity index (χ2n) is 4.73. The van der Waals surface area contributed by atoms with Gasteiger partial charge in [-0.3, -0.25) is 5.32 Å². The number of hydrogen-bond acceptors (Lipinski definition) is 5. The van der Waals surface area contributed by atoms with Crippen molar-refractivity contribution in [3.63, 3.8) is 0 Å². The van der Waals surface area contributed by atoms with Crippen LogP contribution in [0.1, 0.15) is 24.2 Å². The summed E-state index contributed by atoms with van der Waals surface area (Å²) in [7, 11) is 1.32. The number of morpholine rings is 1. The number of anilines is 1. The lowest BCUT2D eigenvalue weighted by Gasteiger charge is -2.38. The fourth-order valence-electron chi connectivity index (χ4n) is 2.24. The SMILES string of the molecule is COC(=O)c1ccsc1NC(=O)N1[C@H](C)COC[C@H]1C. The summed E-state index contributed by atoms with van der Waals surface area (Å²) in [5, 5.41) is 5.04. The summed E-state index contributed by atoms with van der Waals surface area (Å²) in [5.74, 6) is -0.454. The van der Waals surface area contributed by atoms with Crippen LogP contribution in [-0.4, -0.2) is 49.3 Å². The van der Waals surface area contributed by atoms with Crippen molar-refractivity contribution < 1.29 is 19.1 Å². The van der Waals surface area contributed by atoms with E-state index in [-0.39, 0.29) is 18.1 Å². The molecule has 0 spiro atoms. The highest BCUT2D eigenvalue weighted by molar-refractivity contribution is 7.14. The third-order valence-electron chi connectivity index (χ3n) is 3.19. The molecular weight excluding hydrogens is 280 g/mol. The van der Waals surface area contributed by atoms with Crippen molar-refractivity contribution in [2.45, 2.75) is 25.9 Å². The number of ether oxygens (including phenoxy) is 2. The van der Waals surface area contributed by atoms with Gasteiger partial charge in [0.1, 0.15) is 5.00 Å². The summed E-state index contributed by atoms with van der Waals surface area (Å²) < 4.78 is 10.1. The third kappa shape index (κ3) is 2.94. The van der Waals surface area contributed by atoms with E-state index in [9.17, 15) is 9.59 Å². The zero-order valence-electron chi connectivity index (χ0n) is 11.7. The first kappa shape index (κ1) is 14.8. The molecule has 20 heavy (non-hydrogen) atoms. The molecule has 0 saturated carbocycles. The Kier molecular flexibility index (Phi) is 4.61. The molecule has 1 aliphatic heterocycles. The number of nitrogens with zero attached hydrogens (tertiary/aromatic N) is 1. The lowest BCUT2D eigenvalue weighted by Crippen LogP contribution is -2.54. The monoisotopic (exact) mass is 298 g/mol. The van der Waals surface area contributed by atoms with Crippen molar-refractivity contribution in [2.75, 3.05) is 25.6 Å². The minimum absolute atomic E-state index is 0.000268. The number of rotatable bonds is 2. The lowest BCUT2D eigenvalue weighted by atomic mass is 10.2. The van der Waals surface area contributed by atoms with Crippen LogP contribution in [0.25, 0.3) is 0 Å². The van der Waals surface area contributed by atoms with Gasteiger partial charge in [0.15, 0.2) is 0 Å². The van der Waals surface area contributed by atoms with Crippen LogP contribution in [0.5, 0.6) is 0 Å². The van der Waals surface area contributed by atoms with Crippen LogP contribution in [0.15, 0.2) is 11.4 Å². The molecular formula is C13H18N2O4S. The van der Waals surface area contributed by atoms with Gasteiger partial charge in [0.25, 0.3) is 0 Å². The summed E-state index contributed by atoms with van der Waals surface area (Å²) in [5.41, 5.74) is 0.374. The Labute approximate surface area is 121 Å². The summed E-state index contributed by atoms with van der Waals surface area (Å²) in [6.07, 6.45) is 0. The zero-order valence-corrected chi connectivity index (χ0v) is 12.5. The molecule has 1 fully saturated rings. The summed E-state index contributed by atoms with van der Waals surface area (Å²) in [6.45, 7) is 4.91. The van der Waals surface area contributed by atoms with Crippen molar-refractivity contribution in [3.8, 4) is 0 Å². The standard InChI is InChI=1S/C13H18N2O4S/c1-8-6-19-7-9(2)15(8)13(17)14-11-10(4-5-20-11)12(16)18-3/h4-5,8-9H,6-7H2,1-3H3,(H,14,17)/t8-,9-/m1/s1. The topological polar surface area (TPSA) is 67.9 Å². The number of carbonyl (C=O) groups excluding carboxylic acids is 2. The van der Waals surface area contributed by atoms with Gasteiger partial charge in [-0.2, -0.15) is 0 Å². The summed E-state index contributed by atoms with van der Waals surface area (Å²) in [4.78, 5) is 25.7. The van der Waals surface area contributed by atoms with E-state index in [4.69, 9.17) is 4.74 Å². The zero-order chi connectivity index (χ0) is 14.7. The smallest absolute Gasteiger partial charge is 0.340 e. The average Bonchev–Trinajstić information content (AvgIpc) is 2.85. The van der Waals surface area contributed by atoms with E-state index in [1.54, 1.807) is 16.3 Å². The highest BCUT2D eigenvalue weighted by Crippen LogP contribution is 2.25. The van der Waals surface area contributed by atoms with Crippen LogP contribution < -0.4 is 5.32 Å². The average molecular weight is 298 g/mol. The number of hydrogen-bond donors (Lipinski definition) is 1. The molecule has 1 aromatic rings. The molecule has 110 valence electrons. The highest BCUT2D eigenvalue weighted by Gasteiger charge is 2.30. The first-order valence-corrected chi connectivity index (χ1v) is 7.25. The lowest BCUT2D eigenvalue weighted by molar-refractivity contribution is -0.0111. The molecule has 1 aliphatic rings. The molecule has 1 saturated heterocycles. The van der Waals surface area contributed by atoms with E-state index in [1.165, 1.54) is 18.4 Å². The van der Waals surface area contributed by atoms with Crippen molar-refractivity contribution in [1.29, 1.82) is 0 Å². The Bertz CT molecular complexity index is 492. The van der Waals surface area contributed by atoms with Gasteiger partial charge in [-0.25, -0.2) is 9.59 Å². The molecule has 7 heteroatoms. The Balaban J connectivity index is 2.11. The number of thiophene rings is 1. The quantitative estimate of drug-likeness (QED) is 0.850. The minimum Gasteiger partial charge on any atom is -0.465 e. The molecule has 2 rings (SSSR count). The molecule has 2 heterocycles. The molecule has 0 aliphatic carbocycles. The maximum atomic E-state index is 12.4. The first-order valence-electron chi connectivity index (χ1n) is 6.37. The van der Waals surface area contributed by atoms with Gasteiger partial charge in [0, 0.05) is 0 Å². The normalized spacial score (nSPS) is 22.4. The fourth-order valence-corrected chi connectivity index (χ4v) is 3.01. The van der Waals surface area contributed by atoms with E-state index in [1.807, 2.05) is 13.8 Å². The molecule has 2 amide bonds. The van der Waals surface area contributed by atoms with Gasteiger partial charge >= 0.3 is 12.0 Å². The molecule has 1 aromatic heterocycles. The van der Waals surface area contributed by atoms with E-state index < -0.39 is 5.97 Å². The van der Waals surface area contributed by atoms with Crippen molar-refractivity contribution >= 4 is 28.3 Å². The number of esters is 1. The van der Waals surface area contributed by atoms with Gasteiger partial charge in [0.2, 0.25) is 0 Å². The largest absolute Gasteiger partial charge is 0.465 e. The van der Waals surface area contributed by atoms with E-state index >= 15 is 0 Å². The van der Waals surface area contributed by atoms with Gasteiger partial charge in [-0.15, -0.1) is 11.3 Å². The predicted molar refractivity (Wildman–Crippen MR) is 76.3 cm³/mol. The Hall–Kier alpha value is -1.60. The molecule has 0 unspecified atom stereocenters. The number of urea groups is 1. The Morgan fingerprint density at radius 3 is 2.65 bits per heavy atom. The molecule has 0 aromatic carbocycles. The summed E-state index contributed by atoms with van der Waals surface area (Å²) >= 11 is 1.30. The van der Waals surface area contributed by atoms with Crippen LogP contribution in [-0.2, 0) is 9.47 Å². The van der Waals surface area contributed by atoms with E-state index in [2.05, 4.69) is 10.1 Å². The van der Waals surface area contributed by atoms with Gasteiger partial charge in [-0.05, 0) is 25.3 Å². The second kappa shape index (κ2) is 6.23.